The molecular formula is C23H24N2O6S2. The molecule has 3 aromatic rings. The summed E-state index contributed by atoms with van der Waals surface area (Å²) in [6, 6.07) is 14.7. The minimum atomic E-state index is -3.70. The molecule has 0 spiro atoms. The molecule has 0 atom stereocenters. The van der Waals surface area contributed by atoms with E-state index in [-0.39, 0.29) is 27.6 Å². The lowest BCUT2D eigenvalue weighted by Crippen LogP contribution is -2.23. The number of amides is 1. The maximum atomic E-state index is 12.9. The third-order valence-corrected chi connectivity index (χ3v) is 7.67. The van der Waals surface area contributed by atoms with Crippen molar-refractivity contribution in [3.63, 3.8) is 0 Å². The van der Waals surface area contributed by atoms with Crippen molar-refractivity contribution >= 4 is 38.9 Å². The Labute approximate surface area is 196 Å². The zero-order valence-electron chi connectivity index (χ0n) is 18.6. The number of hydrogen-bond acceptors (Lipinski definition) is 7. The molecule has 1 aromatic heterocycles. The van der Waals surface area contributed by atoms with Crippen molar-refractivity contribution in [1.29, 1.82) is 0 Å². The Bertz CT molecular complexity index is 1260. The van der Waals surface area contributed by atoms with Gasteiger partial charge in [0.15, 0.2) is 0 Å². The molecule has 0 unspecified atom stereocenters. The SMILES string of the molecule is CCOC(=O)c1sc(-c2ccc(OC)cc2)cc1NC(=O)c1cccc(S(=O)(=O)N(C)C)c1. The Hall–Kier alpha value is -3.21. The summed E-state index contributed by atoms with van der Waals surface area (Å²) in [6.45, 7) is 1.89. The standard InChI is InChI=1S/C23H24N2O6S2/c1-5-31-23(27)21-19(14-20(32-21)15-9-11-17(30-4)12-10-15)24-22(26)16-7-6-8-18(13-16)33(28,29)25(2)3/h6-14H,5H2,1-4H3,(H,24,26). The van der Waals surface area contributed by atoms with Gasteiger partial charge in [-0.15, -0.1) is 11.3 Å². The quantitative estimate of drug-likeness (QED) is 0.479. The first-order chi connectivity index (χ1) is 15.7. The van der Waals surface area contributed by atoms with Crippen LogP contribution in [0.4, 0.5) is 5.69 Å². The number of carbonyl (C=O) groups excluding carboxylic acids is 2. The van der Waals surface area contributed by atoms with Gasteiger partial charge in [-0.3, -0.25) is 4.79 Å². The minimum absolute atomic E-state index is 0.00462. The van der Waals surface area contributed by atoms with Gasteiger partial charge < -0.3 is 14.8 Å². The van der Waals surface area contributed by atoms with E-state index in [9.17, 15) is 18.0 Å². The van der Waals surface area contributed by atoms with Crippen LogP contribution in [0.5, 0.6) is 5.75 Å². The minimum Gasteiger partial charge on any atom is -0.497 e. The molecular weight excluding hydrogens is 464 g/mol. The fraction of sp³-hybridized carbons (Fsp3) is 0.217. The highest BCUT2D eigenvalue weighted by atomic mass is 32.2. The maximum absolute atomic E-state index is 12.9. The molecule has 1 heterocycles. The van der Waals surface area contributed by atoms with Gasteiger partial charge in [-0.05, 0) is 61.0 Å². The van der Waals surface area contributed by atoms with Crippen LogP contribution in [0.25, 0.3) is 10.4 Å². The van der Waals surface area contributed by atoms with E-state index in [2.05, 4.69) is 5.32 Å². The third-order valence-electron chi connectivity index (χ3n) is 4.69. The van der Waals surface area contributed by atoms with E-state index in [1.165, 1.54) is 49.7 Å². The van der Waals surface area contributed by atoms with Gasteiger partial charge in [0, 0.05) is 24.5 Å². The Kier molecular flexibility index (Phi) is 7.52. The molecule has 174 valence electrons. The predicted octanol–water partition coefficient (Wildman–Crippen LogP) is 4.10. The maximum Gasteiger partial charge on any atom is 0.350 e. The third kappa shape index (κ3) is 5.41. The van der Waals surface area contributed by atoms with Gasteiger partial charge in [0.1, 0.15) is 10.6 Å². The number of carbonyl (C=O) groups is 2. The summed E-state index contributed by atoms with van der Waals surface area (Å²) < 4.78 is 36.2. The van der Waals surface area contributed by atoms with Gasteiger partial charge in [0.05, 0.1) is 24.3 Å². The molecule has 0 aliphatic carbocycles. The number of nitrogens with zero attached hydrogens (tertiary/aromatic N) is 1. The van der Waals surface area contributed by atoms with Crippen LogP contribution in [0.15, 0.2) is 59.5 Å². The van der Waals surface area contributed by atoms with Crippen LogP contribution in [0.1, 0.15) is 27.0 Å². The summed E-state index contributed by atoms with van der Waals surface area (Å²) in [7, 11) is 0.706. The molecule has 10 heteroatoms. The molecule has 1 amide bonds. The molecule has 33 heavy (non-hydrogen) atoms. The van der Waals surface area contributed by atoms with Crippen molar-refractivity contribution in [3.05, 3.63) is 65.0 Å². The Morgan fingerprint density at radius 3 is 2.36 bits per heavy atom. The van der Waals surface area contributed by atoms with Gasteiger partial charge in [-0.2, -0.15) is 0 Å². The molecule has 0 radical (unpaired) electrons. The molecule has 2 aromatic carbocycles. The first-order valence-electron chi connectivity index (χ1n) is 9.96. The highest BCUT2D eigenvalue weighted by molar-refractivity contribution is 7.89. The van der Waals surface area contributed by atoms with E-state index in [0.29, 0.717) is 5.75 Å². The van der Waals surface area contributed by atoms with E-state index in [4.69, 9.17) is 9.47 Å². The van der Waals surface area contributed by atoms with Gasteiger partial charge in [0.2, 0.25) is 10.0 Å². The van der Waals surface area contributed by atoms with E-state index >= 15 is 0 Å². The molecule has 0 saturated carbocycles. The number of methoxy groups -OCH3 is 1. The summed E-state index contributed by atoms with van der Waals surface area (Å²) >= 11 is 1.19. The smallest absolute Gasteiger partial charge is 0.350 e. The lowest BCUT2D eigenvalue weighted by molar-refractivity contribution is 0.0533. The number of rotatable bonds is 8. The summed E-state index contributed by atoms with van der Waals surface area (Å²) in [5, 5.41) is 2.72. The fourth-order valence-corrected chi connectivity index (χ4v) is 4.89. The normalized spacial score (nSPS) is 11.3. The lowest BCUT2D eigenvalue weighted by atomic mass is 10.1. The Morgan fingerprint density at radius 2 is 1.76 bits per heavy atom. The first-order valence-corrected chi connectivity index (χ1v) is 12.2. The van der Waals surface area contributed by atoms with Crippen LogP contribution < -0.4 is 10.1 Å². The summed E-state index contributed by atoms with van der Waals surface area (Å²) in [6.07, 6.45) is 0. The zero-order valence-corrected chi connectivity index (χ0v) is 20.2. The number of thiophene rings is 1. The number of ether oxygens (including phenoxy) is 2. The number of sulfonamides is 1. The van der Waals surface area contributed by atoms with Crippen LogP contribution in [0, 0.1) is 0 Å². The van der Waals surface area contributed by atoms with Gasteiger partial charge >= 0.3 is 5.97 Å². The van der Waals surface area contributed by atoms with E-state index in [1.807, 2.05) is 12.1 Å². The largest absolute Gasteiger partial charge is 0.497 e. The van der Waals surface area contributed by atoms with E-state index in [1.54, 1.807) is 32.2 Å². The molecule has 1 N–H and O–H groups in total. The number of esters is 1. The summed E-state index contributed by atoms with van der Waals surface area (Å²) in [5.74, 6) is -0.404. The number of benzene rings is 2. The summed E-state index contributed by atoms with van der Waals surface area (Å²) in [4.78, 5) is 26.5. The second kappa shape index (κ2) is 10.2. The van der Waals surface area contributed by atoms with Gasteiger partial charge in [-0.25, -0.2) is 17.5 Å². The highest BCUT2D eigenvalue weighted by Crippen LogP contribution is 2.36. The predicted molar refractivity (Wildman–Crippen MR) is 128 cm³/mol. The van der Waals surface area contributed by atoms with Crippen molar-refractivity contribution in [2.24, 2.45) is 0 Å². The van der Waals surface area contributed by atoms with Crippen molar-refractivity contribution < 1.29 is 27.5 Å². The van der Waals surface area contributed by atoms with Crippen molar-refractivity contribution in [1.82, 2.24) is 4.31 Å². The van der Waals surface area contributed by atoms with E-state index in [0.717, 1.165) is 14.7 Å². The van der Waals surface area contributed by atoms with Crippen LogP contribution in [-0.2, 0) is 14.8 Å². The number of anilines is 1. The molecule has 3 rings (SSSR count). The average Bonchev–Trinajstić information content (AvgIpc) is 3.23. The average molecular weight is 489 g/mol. The van der Waals surface area contributed by atoms with E-state index < -0.39 is 21.9 Å². The monoisotopic (exact) mass is 488 g/mol. The molecule has 0 fully saturated rings. The topological polar surface area (TPSA) is 102 Å². The van der Waals surface area contributed by atoms with Gasteiger partial charge in [0.25, 0.3) is 5.91 Å². The Balaban J connectivity index is 1.95. The lowest BCUT2D eigenvalue weighted by Gasteiger charge is -2.12. The summed E-state index contributed by atoms with van der Waals surface area (Å²) in [5.41, 5.74) is 1.27. The fourth-order valence-electron chi connectivity index (χ4n) is 2.93. The number of nitrogens with one attached hydrogen (secondary N) is 1. The van der Waals surface area contributed by atoms with Gasteiger partial charge in [-0.1, -0.05) is 6.07 Å². The van der Waals surface area contributed by atoms with Crippen LogP contribution in [0.3, 0.4) is 0 Å². The van der Waals surface area contributed by atoms with Crippen molar-refractivity contribution in [2.75, 3.05) is 33.1 Å². The highest BCUT2D eigenvalue weighted by Gasteiger charge is 2.22. The second-order valence-electron chi connectivity index (χ2n) is 7.07. The van der Waals surface area contributed by atoms with Crippen molar-refractivity contribution in [3.8, 4) is 16.2 Å². The number of hydrogen-bond donors (Lipinski definition) is 1. The molecule has 0 aliphatic rings. The van der Waals surface area contributed by atoms with Crippen molar-refractivity contribution in [2.45, 2.75) is 11.8 Å². The molecule has 0 aliphatic heterocycles. The first kappa shape index (κ1) is 24.4. The zero-order chi connectivity index (χ0) is 24.2. The molecule has 0 saturated heterocycles. The van der Waals surface area contributed by atoms with Crippen LogP contribution in [0.2, 0.25) is 0 Å². The Morgan fingerprint density at radius 1 is 1.06 bits per heavy atom. The molecule has 8 nitrogen and oxygen atoms in total. The van der Waals surface area contributed by atoms with Crippen LogP contribution in [-0.4, -0.2) is 52.4 Å². The van der Waals surface area contributed by atoms with Crippen LogP contribution >= 0.6 is 11.3 Å². The molecule has 0 bridgehead atoms. The second-order valence-corrected chi connectivity index (χ2v) is 10.3.